The van der Waals surface area contributed by atoms with E-state index in [1.165, 1.54) is 6.42 Å². The molecule has 0 saturated carbocycles. The van der Waals surface area contributed by atoms with Crippen LogP contribution in [0.3, 0.4) is 0 Å². The smallest absolute Gasteiger partial charge is 0.396 e. The number of rotatable bonds is 1. The highest BCUT2D eigenvalue weighted by molar-refractivity contribution is 7.16. The largest absolute Gasteiger partial charge is 0.508 e. The van der Waals surface area contributed by atoms with Gasteiger partial charge in [-0.25, -0.2) is 4.79 Å². The van der Waals surface area contributed by atoms with Crippen molar-refractivity contribution in [3.05, 3.63) is 27.4 Å². The zero-order valence-corrected chi connectivity index (χ0v) is 10.0. The molecular formula is C12H13NO3S. The molecule has 1 aliphatic rings. The average Bonchev–Trinajstić information content (AvgIpc) is 2.68. The van der Waals surface area contributed by atoms with E-state index in [4.69, 9.17) is 4.42 Å². The van der Waals surface area contributed by atoms with Crippen molar-refractivity contribution in [2.45, 2.75) is 25.3 Å². The second-order valence-corrected chi connectivity index (χ2v) is 5.29. The Morgan fingerprint density at radius 2 is 2.29 bits per heavy atom. The Kier molecular flexibility index (Phi) is 2.64. The molecule has 3 rings (SSSR count). The lowest BCUT2D eigenvalue weighted by Crippen LogP contribution is -2.26. The number of nitrogens with one attached hydrogen (secondary N) is 1. The molecule has 0 amide bonds. The molecule has 90 valence electrons. The first-order chi connectivity index (χ1) is 8.24. The van der Waals surface area contributed by atoms with Crippen LogP contribution in [0.25, 0.3) is 10.3 Å². The summed E-state index contributed by atoms with van der Waals surface area (Å²) in [4.78, 5) is 10.8. The van der Waals surface area contributed by atoms with E-state index in [1.807, 2.05) is 0 Å². The zero-order valence-electron chi connectivity index (χ0n) is 9.23. The molecular weight excluding hydrogens is 238 g/mol. The molecule has 1 aromatic carbocycles. The van der Waals surface area contributed by atoms with Crippen LogP contribution >= 0.6 is 11.3 Å². The Morgan fingerprint density at radius 3 is 3.06 bits per heavy atom. The van der Waals surface area contributed by atoms with Crippen molar-refractivity contribution in [3.8, 4) is 5.75 Å². The first kappa shape index (κ1) is 10.8. The maximum absolute atomic E-state index is 11.1. The minimum absolute atomic E-state index is 0.165. The Morgan fingerprint density at radius 1 is 1.41 bits per heavy atom. The maximum Gasteiger partial charge on any atom is 0.396 e. The summed E-state index contributed by atoms with van der Waals surface area (Å²) in [7, 11) is 0. The Balaban J connectivity index is 2.08. The molecule has 4 nitrogen and oxygen atoms in total. The van der Waals surface area contributed by atoms with Gasteiger partial charge in [-0.3, -0.25) is 0 Å². The van der Waals surface area contributed by atoms with Crippen molar-refractivity contribution >= 4 is 21.6 Å². The van der Waals surface area contributed by atoms with Gasteiger partial charge in [-0.1, -0.05) is 17.8 Å². The predicted octanol–water partition coefficient (Wildman–Crippen LogP) is 2.37. The van der Waals surface area contributed by atoms with Gasteiger partial charge in [0.05, 0.1) is 4.70 Å². The Hall–Kier alpha value is -1.33. The lowest BCUT2D eigenvalue weighted by molar-refractivity contribution is 0.391. The average molecular weight is 251 g/mol. The van der Waals surface area contributed by atoms with Crippen molar-refractivity contribution < 1.29 is 9.52 Å². The number of hydrogen-bond donors (Lipinski definition) is 2. The van der Waals surface area contributed by atoms with Crippen LogP contribution in [-0.2, 0) is 0 Å². The first-order valence-corrected chi connectivity index (χ1v) is 6.55. The lowest BCUT2D eigenvalue weighted by Gasteiger charge is -2.24. The number of phenols is 1. The number of phenolic OH excluding ortho intramolecular Hbond substituents is 1. The summed E-state index contributed by atoms with van der Waals surface area (Å²) < 4.78 is 5.78. The van der Waals surface area contributed by atoms with Crippen LogP contribution in [0.15, 0.2) is 21.3 Å². The third kappa shape index (κ3) is 1.96. The molecule has 5 heteroatoms. The minimum atomic E-state index is -0.326. The van der Waals surface area contributed by atoms with Gasteiger partial charge in [0.2, 0.25) is 0 Å². The summed E-state index contributed by atoms with van der Waals surface area (Å²) in [6.07, 6.45) is 3.34. The third-order valence-electron chi connectivity index (χ3n) is 3.17. The monoisotopic (exact) mass is 251 g/mol. The van der Waals surface area contributed by atoms with Crippen LogP contribution in [-0.4, -0.2) is 11.7 Å². The van der Waals surface area contributed by atoms with Gasteiger partial charge in [-0.2, -0.15) is 0 Å². The van der Waals surface area contributed by atoms with Gasteiger partial charge >= 0.3 is 4.94 Å². The first-order valence-electron chi connectivity index (χ1n) is 5.74. The molecule has 2 heterocycles. The lowest BCUT2D eigenvalue weighted by atomic mass is 9.97. The van der Waals surface area contributed by atoms with Gasteiger partial charge in [0.15, 0.2) is 0 Å². The molecule has 2 aromatic rings. The highest BCUT2D eigenvalue weighted by Crippen LogP contribution is 2.34. The fourth-order valence-corrected chi connectivity index (χ4v) is 3.00. The Bertz CT molecular complexity index is 595. The Labute approximate surface area is 102 Å². The standard InChI is InChI=1S/C12H13NO3S/c14-9-6-11-10(16-12(15)17-11)5-7(9)8-3-1-2-4-13-8/h5-6,8,13-14H,1-4H2. The summed E-state index contributed by atoms with van der Waals surface area (Å²) in [5.41, 5.74) is 1.40. The van der Waals surface area contributed by atoms with Gasteiger partial charge in [-0.05, 0) is 25.5 Å². The number of fused-ring (bicyclic) bond motifs is 1. The SMILES string of the molecule is O=c1oc2cc(C3CCCCN3)c(O)cc2s1. The van der Waals surface area contributed by atoms with E-state index in [9.17, 15) is 9.90 Å². The minimum Gasteiger partial charge on any atom is -0.508 e. The van der Waals surface area contributed by atoms with E-state index < -0.39 is 0 Å². The van der Waals surface area contributed by atoms with E-state index in [0.29, 0.717) is 10.3 Å². The van der Waals surface area contributed by atoms with Gasteiger partial charge in [0.1, 0.15) is 11.3 Å². The normalized spacial score (nSPS) is 20.8. The van der Waals surface area contributed by atoms with E-state index in [2.05, 4.69) is 5.32 Å². The molecule has 1 unspecified atom stereocenters. The summed E-state index contributed by atoms with van der Waals surface area (Å²) in [6, 6.07) is 3.57. The summed E-state index contributed by atoms with van der Waals surface area (Å²) >= 11 is 1.02. The van der Waals surface area contributed by atoms with Gasteiger partial charge in [-0.15, -0.1) is 0 Å². The summed E-state index contributed by atoms with van der Waals surface area (Å²) in [6.45, 7) is 0.968. The number of piperidine rings is 1. The van der Waals surface area contributed by atoms with Crippen LogP contribution in [0.1, 0.15) is 30.9 Å². The molecule has 1 saturated heterocycles. The number of hydrogen-bond acceptors (Lipinski definition) is 5. The molecule has 1 aliphatic heterocycles. The zero-order chi connectivity index (χ0) is 11.8. The maximum atomic E-state index is 11.1. The second-order valence-electron chi connectivity index (χ2n) is 4.31. The molecule has 0 spiro atoms. The molecule has 0 radical (unpaired) electrons. The van der Waals surface area contributed by atoms with Gasteiger partial charge in [0.25, 0.3) is 0 Å². The van der Waals surface area contributed by atoms with E-state index in [-0.39, 0.29) is 16.7 Å². The van der Waals surface area contributed by atoms with Crippen molar-refractivity contribution in [2.24, 2.45) is 0 Å². The predicted molar refractivity (Wildman–Crippen MR) is 66.6 cm³/mol. The molecule has 2 N–H and O–H groups in total. The van der Waals surface area contributed by atoms with E-state index >= 15 is 0 Å². The van der Waals surface area contributed by atoms with E-state index in [0.717, 1.165) is 36.3 Å². The third-order valence-corrected chi connectivity index (χ3v) is 3.95. The molecule has 0 aliphatic carbocycles. The van der Waals surface area contributed by atoms with Crippen LogP contribution < -0.4 is 10.3 Å². The highest BCUT2D eigenvalue weighted by atomic mass is 32.1. The van der Waals surface area contributed by atoms with Crippen molar-refractivity contribution in [1.82, 2.24) is 5.32 Å². The van der Waals surface area contributed by atoms with Gasteiger partial charge in [0, 0.05) is 17.7 Å². The van der Waals surface area contributed by atoms with Crippen LogP contribution in [0.2, 0.25) is 0 Å². The summed E-state index contributed by atoms with van der Waals surface area (Å²) in [5, 5.41) is 13.4. The summed E-state index contributed by atoms with van der Waals surface area (Å²) in [5.74, 6) is 0.244. The number of benzene rings is 1. The molecule has 1 fully saturated rings. The van der Waals surface area contributed by atoms with Crippen LogP contribution in [0.4, 0.5) is 0 Å². The number of aromatic hydroxyl groups is 1. The van der Waals surface area contributed by atoms with E-state index in [1.54, 1.807) is 12.1 Å². The van der Waals surface area contributed by atoms with Gasteiger partial charge < -0.3 is 14.8 Å². The van der Waals surface area contributed by atoms with Crippen molar-refractivity contribution in [2.75, 3.05) is 6.54 Å². The molecule has 1 atom stereocenters. The topological polar surface area (TPSA) is 62.5 Å². The highest BCUT2D eigenvalue weighted by Gasteiger charge is 2.19. The van der Waals surface area contributed by atoms with Crippen molar-refractivity contribution in [3.63, 3.8) is 0 Å². The molecule has 17 heavy (non-hydrogen) atoms. The fourth-order valence-electron chi connectivity index (χ4n) is 2.32. The van der Waals surface area contributed by atoms with Crippen LogP contribution in [0.5, 0.6) is 5.75 Å². The molecule has 1 aromatic heterocycles. The molecule has 0 bridgehead atoms. The fraction of sp³-hybridized carbons (Fsp3) is 0.417. The van der Waals surface area contributed by atoms with Crippen molar-refractivity contribution in [1.29, 1.82) is 0 Å². The van der Waals surface area contributed by atoms with Crippen LogP contribution in [0, 0.1) is 0 Å². The quantitative estimate of drug-likeness (QED) is 0.816. The second kappa shape index (κ2) is 4.16.